The molecule has 1 atom stereocenters. The van der Waals surface area contributed by atoms with Crippen LogP contribution in [0, 0.1) is 5.92 Å². The van der Waals surface area contributed by atoms with Crippen molar-refractivity contribution in [2.75, 3.05) is 24.7 Å². The zero-order valence-corrected chi connectivity index (χ0v) is 15.9. The second kappa shape index (κ2) is 7.71. The average molecular weight is 346 g/mol. The van der Waals surface area contributed by atoms with Crippen molar-refractivity contribution in [3.05, 3.63) is 46.2 Å². The van der Waals surface area contributed by atoms with E-state index in [4.69, 9.17) is 5.73 Å². The Balaban J connectivity index is 2.39. The van der Waals surface area contributed by atoms with E-state index >= 15 is 0 Å². The third kappa shape index (κ3) is 4.09. The number of carbonyl (C=O) groups excluding carboxylic acids is 1. The van der Waals surface area contributed by atoms with Crippen molar-refractivity contribution in [2.45, 2.75) is 33.4 Å². The lowest BCUT2D eigenvalue weighted by atomic mass is 10.0. The Labute approximate surface area is 148 Å². The number of thiophene rings is 1. The summed E-state index contributed by atoms with van der Waals surface area (Å²) in [6, 6.07) is 9.82. The summed E-state index contributed by atoms with van der Waals surface area (Å²) >= 11 is 1.49. The molecule has 0 saturated carbocycles. The van der Waals surface area contributed by atoms with Crippen LogP contribution < -0.4 is 10.6 Å². The Bertz CT molecular complexity index is 680. The predicted molar refractivity (Wildman–Crippen MR) is 104 cm³/mol. The summed E-state index contributed by atoms with van der Waals surface area (Å²) in [6.07, 6.45) is 0. The third-order valence-corrected chi connectivity index (χ3v) is 5.23. The number of nitrogens with zero attached hydrogens (tertiary/aromatic N) is 2. The number of amides is 1. The minimum atomic E-state index is 0.0818. The quantitative estimate of drug-likeness (QED) is 0.803. The maximum atomic E-state index is 13.0. The van der Waals surface area contributed by atoms with Crippen LogP contribution in [-0.2, 0) is 6.54 Å². The van der Waals surface area contributed by atoms with Crippen LogP contribution in [0.1, 0.15) is 36.0 Å². The van der Waals surface area contributed by atoms with Gasteiger partial charge in [0, 0.05) is 38.1 Å². The number of anilines is 2. The van der Waals surface area contributed by atoms with Gasteiger partial charge in [-0.05, 0) is 48.1 Å². The standard InChI is InChI=1S/C19H27N3OS/c1-13(2)14(3)22(19(23)18-7-6-10-24-18)12-15-11-16(20)8-9-17(15)21(4)5/h6-11,13-14H,12,20H2,1-5H3. The van der Waals surface area contributed by atoms with Gasteiger partial charge in [-0.3, -0.25) is 4.79 Å². The van der Waals surface area contributed by atoms with Gasteiger partial charge in [0.1, 0.15) is 0 Å². The van der Waals surface area contributed by atoms with E-state index in [2.05, 4.69) is 25.7 Å². The monoisotopic (exact) mass is 345 g/mol. The molecule has 0 aliphatic rings. The summed E-state index contributed by atoms with van der Waals surface area (Å²) in [4.78, 5) is 17.8. The Hall–Kier alpha value is -2.01. The zero-order valence-electron chi connectivity index (χ0n) is 15.1. The Kier molecular flexibility index (Phi) is 5.89. The van der Waals surface area contributed by atoms with E-state index in [9.17, 15) is 4.79 Å². The van der Waals surface area contributed by atoms with Gasteiger partial charge in [-0.1, -0.05) is 19.9 Å². The molecule has 1 aromatic heterocycles. The average Bonchev–Trinajstić information content (AvgIpc) is 3.05. The van der Waals surface area contributed by atoms with Crippen LogP contribution >= 0.6 is 11.3 Å². The number of benzene rings is 1. The molecule has 2 rings (SSSR count). The molecule has 4 nitrogen and oxygen atoms in total. The van der Waals surface area contributed by atoms with Crippen molar-refractivity contribution in [3.8, 4) is 0 Å². The normalized spacial score (nSPS) is 12.2. The lowest BCUT2D eigenvalue weighted by Crippen LogP contribution is -2.41. The molecule has 1 heterocycles. The summed E-state index contributed by atoms with van der Waals surface area (Å²) in [5.41, 5.74) is 8.86. The van der Waals surface area contributed by atoms with Crippen LogP contribution in [-0.4, -0.2) is 30.9 Å². The Morgan fingerprint density at radius 3 is 2.46 bits per heavy atom. The van der Waals surface area contributed by atoms with Gasteiger partial charge >= 0.3 is 0 Å². The van der Waals surface area contributed by atoms with Gasteiger partial charge in [0.05, 0.1) is 4.88 Å². The lowest BCUT2D eigenvalue weighted by Gasteiger charge is -2.33. The van der Waals surface area contributed by atoms with Crippen molar-refractivity contribution < 1.29 is 4.79 Å². The fourth-order valence-electron chi connectivity index (χ4n) is 2.65. The van der Waals surface area contributed by atoms with Gasteiger partial charge in [0.2, 0.25) is 0 Å². The van der Waals surface area contributed by atoms with Crippen molar-refractivity contribution in [2.24, 2.45) is 5.92 Å². The van der Waals surface area contributed by atoms with E-state index < -0.39 is 0 Å². The second-order valence-electron chi connectivity index (χ2n) is 6.68. The minimum absolute atomic E-state index is 0.0818. The molecule has 1 amide bonds. The minimum Gasteiger partial charge on any atom is -0.399 e. The van der Waals surface area contributed by atoms with E-state index in [0.29, 0.717) is 12.5 Å². The molecule has 2 N–H and O–H groups in total. The molecule has 0 spiro atoms. The number of hydrogen-bond donors (Lipinski definition) is 1. The molecular weight excluding hydrogens is 318 g/mol. The molecule has 0 aliphatic carbocycles. The van der Waals surface area contributed by atoms with Gasteiger partial charge in [0.15, 0.2) is 0 Å². The molecule has 0 radical (unpaired) electrons. The maximum Gasteiger partial charge on any atom is 0.264 e. The SMILES string of the molecule is CC(C)C(C)N(Cc1cc(N)ccc1N(C)C)C(=O)c1cccs1. The Morgan fingerprint density at radius 2 is 1.92 bits per heavy atom. The first-order valence-electron chi connectivity index (χ1n) is 8.21. The van der Waals surface area contributed by atoms with Crippen LogP contribution in [0.25, 0.3) is 0 Å². The first kappa shape index (κ1) is 18.3. The van der Waals surface area contributed by atoms with Crippen molar-refractivity contribution >= 4 is 28.6 Å². The maximum absolute atomic E-state index is 13.0. The van der Waals surface area contributed by atoms with Crippen LogP contribution in [0.3, 0.4) is 0 Å². The first-order valence-corrected chi connectivity index (χ1v) is 9.09. The second-order valence-corrected chi connectivity index (χ2v) is 7.63. The zero-order chi connectivity index (χ0) is 17.9. The topological polar surface area (TPSA) is 49.6 Å². The van der Waals surface area contributed by atoms with Gasteiger partial charge in [-0.2, -0.15) is 0 Å². The molecule has 1 aromatic carbocycles. The van der Waals surface area contributed by atoms with Crippen molar-refractivity contribution in [3.63, 3.8) is 0 Å². The fraction of sp³-hybridized carbons (Fsp3) is 0.421. The summed E-state index contributed by atoms with van der Waals surface area (Å²) in [5.74, 6) is 0.455. The van der Waals surface area contributed by atoms with Gasteiger partial charge in [-0.25, -0.2) is 0 Å². The van der Waals surface area contributed by atoms with E-state index in [1.165, 1.54) is 11.3 Å². The smallest absolute Gasteiger partial charge is 0.264 e. The highest BCUT2D eigenvalue weighted by Crippen LogP contribution is 2.26. The molecule has 0 aliphatic heterocycles. The van der Waals surface area contributed by atoms with Crippen LogP contribution in [0.2, 0.25) is 0 Å². The Morgan fingerprint density at radius 1 is 1.21 bits per heavy atom. The molecule has 0 fully saturated rings. The van der Waals surface area contributed by atoms with E-state index in [0.717, 1.165) is 21.8 Å². The molecule has 5 heteroatoms. The molecule has 130 valence electrons. The van der Waals surface area contributed by atoms with Gasteiger partial charge < -0.3 is 15.5 Å². The van der Waals surface area contributed by atoms with Gasteiger partial charge in [-0.15, -0.1) is 11.3 Å². The summed E-state index contributed by atoms with van der Waals surface area (Å²) < 4.78 is 0. The number of hydrogen-bond acceptors (Lipinski definition) is 4. The fourth-order valence-corrected chi connectivity index (χ4v) is 3.33. The highest BCUT2D eigenvalue weighted by molar-refractivity contribution is 7.12. The summed E-state index contributed by atoms with van der Waals surface area (Å²) in [7, 11) is 4.01. The lowest BCUT2D eigenvalue weighted by molar-refractivity contribution is 0.0633. The molecule has 0 saturated heterocycles. The number of nitrogens with two attached hydrogens (primary N) is 1. The van der Waals surface area contributed by atoms with Crippen LogP contribution in [0.15, 0.2) is 35.7 Å². The molecule has 0 bridgehead atoms. The predicted octanol–water partition coefficient (Wildman–Crippen LogP) is 4.08. The third-order valence-electron chi connectivity index (χ3n) is 4.38. The molecule has 1 unspecified atom stereocenters. The first-order chi connectivity index (χ1) is 11.3. The van der Waals surface area contributed by atoms with Crippen molar-refractivity contribution in [1.29, 1.82) is 0 Å². The van der Waals surface area contributed by atoms with Gasteiger partial charge in [0.25, 0.3) is 5.91 Å². The molecule has 2 aromatic rings. The van der Waals surface area contributed by atoms with E-state index in [1.54, 1.807) is 0 Å². The summed E-state index contributed by atoms with van der Waals surface area (Å²) in [6.45, 7) is 6.95. The van der Waals surface area contributed by atoms with E-state index in [1.807, 2.05) is 54.7 Å². The summed E-state index contributed by atoms with van der Waals surface area (Å²) in [5, 5.41) is 1.94. The molecular formula is C19H27N3OS. The largest absolute Gasteiger partial charge is 0.399 e. The molecule has 24 heavy (non-hydrogen) atoms. The van der Waals surface area contributed by atoms with Crippen LogP contribution in [0.5, 0.6) is 0 Å². The van der Waals surface area contributed by atoms with Crippen LogP contribution in [0.4, 0.5) is 11.4 Å². The van der Waals surface area contributed by atoms with E-state index in [-0.39, 0.29) is 11.9 Å². The number of nitrogen functional groups attached to an aromatic ring is 1. The van der Waals surface area contributed by atoms with Crippen molar-refractivity contribution in [1.82, 2.24) is 4.90 Å². The highest BCUT2D eigenvalue weighted by Gasteiger charge is 2.25. The number of carbonyl (C=O) groups is 1. The number of rotatable bonds is 6. The highest BCUT2D eigenvalue weighted by atomic mass is 32.1.